The summed E-state index contributed by atoms with van der Waals surface area (Å²) in [5.41, 5.74) is 27.8. The van der Waals surface area contributed by atoms with Crippen molar-refractivity contribution < 1.29 is 13.3 Å². The van der Waals surface area contributed by atoms with Crippen molar-refractivity contribution in [2.75, 3.05) is 0 Å². The summed E-state index contributed by atoms with van der Waals surface area (Å²) in [5, 5.41) is 14.8. The van der Waals surface area contributed by atoms with Crippen LogP contribution >= 0.6 is 0 Å². The standard InChI is InChI=1S/C98H57N5O3/c1-7-19-85-71(13-1)80-51-62(65-31-44-77-74-16-4-10-22-91(74)104-94(77)55-65)35-48-88(80)101(85)68-38-25-58(26-39-68)61-34-47-84-83(54-61)97(59-27-40-69(41-28-59)102-86-20-8-2-14-72(86)81-52-63(36-49-89(81)102)66-32-45-78-75-17-5-11-23-92(75)105-95(78)56-66)100-98(99-84)60-29-42-70(43-30-60)103-87-21-9-3-15-73(87)82-53-64(37-50-90(82)103)67-33-46-79-76-18-6-12-24-93(76)106-96(79)57-67/h1-57H. The summed E-state index contributed by atoms with van der Waals surface area (Å²) >= 11 is 0. The van der Waals surface area contributed by atoms with E-state index >= 15 is 0 Å². The monoisotopic (exact) mass is 1350 g/mol. The molecule has 23 aromatic rings. The summed E-state index contributed by atoms with van der Waals surface area (Å²) in [7, 11) is 0. The Hall–Kier alpha value is -14.3. The molecule has 0 aliphatic carbocycles. The molecule has 0 bridgehead atoms. The van der Waals surface area contributed by atoms with Crippen LogP contribution in [0.25, 0.3) is 226 Å². The van der Waals surface area contributed by atoms with Gasteiger partial charge in [-0.2, -0.15) is 0 Å². The Morgan fingerprint density at radius 3 is 0.868 bits per heavy atom. The van der Waals surface area contributed by atoms with Crippen LogP contribution in [0.4, 0.5) is 0 Å². The molecule has 7 heterocycles. The van der Waals surface area contributed by atoms with Crippen molar-refractivity contribution in [2.45, 2.75) is 0 Å². The van der Waals surface area contributed by atoms with Gasteiger partial charge < -0.3 is 27.0 Å². The molecular formula is C98H57N5O3. The van der Waals surface area contributed by atoms with Gasteiger partial charge in [-0.3, -0.25) is 0 Å². The van der Waals surface area contributed by atoms with Gasteiger partial charge in [0.2, 0.25) is 0 Å². The highest BCUT2D eigenvalue weighted by Crippen LogP contribution is 2.44. The van der Waals surface area contributed by atoms with Crippen LogP contribution in [-0.4, -0.2) is 23.7 Å². The first-order valence-electron chi connectivity index (χ1n) is 36.0. The third kappa shape index (κ3) is 8.95. The van der Waals surface area contributed by atoms with Crippen molar-refractivity contribution in [1.82, 2.24) is 23.7 Å². The van der Waals surface area contributed by atoms with Gasteiger partial charge in [0.15, 0.2) is 5.82 Å². The molecular weight excluding hydrogens is 1300 g/mol. The second-order valence-electron chi connectivity index (χ2n) is 27.9. The number of fused-ring (bicyclic) bond motifs is 19. The van der Waals surface area contributed by atoms with Crippen molar-refractivity contribution in [2.24, 2.45) is 0 Å². The largest absolute Gasteiger partial charge is 0.456 e. The number of hydrogen-bond acceptors (Lipinski definition) is 5. The average molecular weight is 1350 g/mol. The molecule has 0 N–H and O–H groups in total. The minimum absolute atomic E-state index is 0.645. The highest BCUT2D eigenvalue weighted by Gasteiger charge is 2.22. The topological polar surface area (TPSA) is 80.0 Å². The van der Waals surface area contributed by atoms with E-state index in [0.717, 1.165) is 188 Å². The molecule has 0 fully saturated rings. The van der Waals surface area contributed by atoms with Crippen molar-refractivity contribution in [3.63, 3.8) is 0 Å². The van der Waals surface area contributed by atoms with E-state index in [1.165, 1.54) is 32.3 Å². The fourth-order valence-corrected chi connectivity index (χ4v) is 17.0. The quantitative estimate of drug-likeness (QED) is 0.144. The van der Waals surface area contributed by atoms with Gasteiger partial charge in [-0.05, 0) is 214 Å². The van der Waals surface area contributed by atoms with E-state index in [1.807, 2.05) is 36.4 Å². The number of furan rings is 3. The molecule has 8 heteroatoms. The van der Waals surface area contributed by atoms with Crippen LogP contribution in [0.1, 0.15) is 0 Å². The van der Waals surface area contributed by atoms with Gasteiger partial charge in [-0.15, -0.1) is 0 Å². The molecule has 0 aliphatic heterocycles. The third-order valence-electron chi connectivity index (χ3n) is 22.1. The van der Waals surface area contributed by atoms with Crippen LogP contribution in [0.2, 0.25) is 0 Å². The van der Waals surface area contributed by atoms with E-state index in [0.29, 0.717) is 5.82 Å². The predicted molar refractivity (Wildman–Crippen MR) is 437 cm³/mol. The van der Waals surface area contributed by atoms with Crippen LogP contribution in [-0.2, 0) is 0 Å². The van der Waals surface area contributed by atoms with Gasteiger partial charge in [0.05, 0.1) is 44.3 Å². The maximum atomic E-state index is 6.36. The Morgan fingerprint density at radius 1 is 0.179 bits per heavy atom. The maximum Gasteiger partial charge on any atom is 0.160 e. The van der Waals surface area contributed by atoms with E-state index < -0.39 is 0 Å². The lowest BCUT2D eigenvalue weighted by atomic mass is 9.99. The zero-order valence-electron chi connectivity index (χ0n) is 56.9. The lowest BCUT2D eigenvalue weighted by Crippen LogP contribution is -1.98. The SMILES string of the molecule is c1ccc2c(c1)oc1cc(-c3ccc4c(c3)c3ccccc3n4-c3ccc(-c4ccc5nc(-c6ccc(-n7c8ccccc8c8cc(-c9ccc%10c(c9)oc9ccccc9%10)ccc87)cc6)nc(-c6ccc(-n7c8ccccc8c8cc(-c9ccc%10c(c9)oc9ccccc9%10)ccc87)cc6)c5c4)cc3)ccc12. The predicted octanol–water partition coefficient (Wildman–Crippen LogP) is 26.6. The lowest BCUT2D eigenvalue weighted by molar-refractivity contribution is 0.668. The van der Waals surface area contributed by atoms with E-state index in [9.17, 15) is 0 Å². The fourth-order valence-electron chi connectivity index (χ4n) is 17.0. The normalized spacial score (nSPS) is 12.2. The molecule has 0 aliphatic rings. The summed E-state index contributed by atoms with van der Waals surface area (Å²) in [5.74, 6) is 0.645. The summed E-state index contributed by atoms with van der Waals surface area (Å²) in [6.45, 7) is 0. The van der Waals surface area contributed by atoms with E-state index in [2.05, 4.69) is 323 Å². The molecule has 0 radical (unpaired) electrons. The van der Waals surface area contributed by atoms with Gasteiger partial charge in [0, 0.05) is 98.2 Å². The zero-order chi connectivity index (χ0) is 69.2. The molecule has 106 heavy (non-hydrogen) atoms. The Morgan fingerprint density at radius 2 is 0.462 bits per heavy atom. The summed E-state index contributed by atoms with van der Waals surface area (Å²) < 4.78 is 26.2. The molecule has 0 saturated heterocycles. The van der Waals surface area contributed by atoms with Crippen LogP contribution in [0.5, 0.6) is 0 Å². The molecule has 16 aromatic carbocycles. The molecule has 0 saturated carbocycles. The van der Waals surface area contributed by atoms with E-state index in [1.54, 1.807) is 0 Å². The second-order valence-corrected chi connectivity index (χ2v) is 27.9. The summed E-state index contributed by atoms with van der Waals surface area (Å²) in [6, 6.07) is 124. The van der Waals surface area contributed by atoms with Crippen molar-refractivity contribution in [1.29, 1.82) is 0 Å². The second kappa shape index (κ2) is 22.6. The van der Waals surface area contributed by atoms with Crippen molar-refractivity contribution >= 4 is 142 Å². The smallest absolute Gasteiger partial charge is 0.160 e. The van der Waals surface area contributed by atoms with Crippen LogP contribution in [0.3, 0.4) is 0 Å². The number of hydrogen-bond donors (Lipinski definition) is 0. The maximum absolute atomic E-state index is 6.36. The van der Waals surface area contributed by atoms with Gasteiger partial charge in [-0.25, -0.2) is 9.97 Å². The van der Waals surface area contributed by atoms with E-state index in [4.69, 9.17) is 23.2 Å². The molecule has 0 atom stereocenters. The van der Waals surface area contributed by atoms with Crippen molar-refractivity contribution in [3.8, 4) is 84.2 Å². The number of benzene rings is 16. The van der Waals surface area contributed by atoms with Crippen LogP contribution < -0.4 is 0 Å². The zero-order valence-corrected chi connectivity index (χ0v) is 56.9. The third-order valence-corrected chi connectivity index (χ3v) is 22.1. The first-order valence-corrected chi connectivity index (χ1v) is 36.0. The molecule has 492 valence electrons. The highest BCUT2D eigenvalue weighted by atomic mass is 16.3. The Balaban J connectivity index is 0.619. The van der Waals surface area contributed by atoms with Crippen molar-refractivity contribution in [3.05, 3.63) is 346 Å². The van der Waals surface area contributed by atoms with Gasteiger partial charge in [-0.1, -0.05) is 176 Å². The highest BCUT2D eigenvalue weighted by molar-refractivity contribution is 6.15. The Kier molecular flexibility index (Phi) is 12.4. The molecule has 7 aromatic heterocycles. The number of rotatable bonds is 9. The Bertz CT molecular complexity index is 7630. The fraction of sp³-hybridized carbons (Fsp3) is 0. The van der Waals surface area contributed by atoms with Crippen LogP contribution in [0, 0.1) is 0 Å². The molecule has 0 unspecified atom stereocenters. The molecule has 0 amide bonds. The van der Waals surface area contributed by atoms with Gasteiger partial charge in [0.1, 0.15) is 33.5 Å². The summed E-state index contributed by atoms with van der Waals surface area (Å²) in [4.78, 5) is 11.0. The Labute approximate surface area is 605 Å². The van der Waals surface area contributed by atoms with Crippen LogP contribution in [0.15, 0.2) is 359 Å². The first kappa shape index (κ1) is 58.3. The first-order chi connectivity index (χ1) is 52.5. The minimum atomic E-state index is 0.645. The summed E-state index contributed by atoms with van der Waals surface area (Å²) in [6.07, 6.45) is 0. The average Bonchev–Trinajstić information content (AvgIpc) is 1.17. The minimum Gasteiger partial charge on any atom is -0.456 e. The van der Waals surface area contributed by atoms with Gasteiger partial charge in [0.25, 0.3) is 0 Å². The number of aromatic nitrogens is 5. The number of para-hydroxylation sites is 6. The van der Waals surface area contributed by atoms with Gasteiger partial charge >= 0.3 is 0 Å². The number of nitrogens with zero attached hydrogens (tertiary/aromatic N) is 5. The lowest BCUT2D eigenvalue weighted by Gasteiger charge is -2.14. The molecule has 8 nitrogen and oxygen atoms in total. The molecule has 0 spiro atoms. The molecule has 23 rings (SSSR count). The van der Waals surface area contributed by atoms with E-state index in [-0.39, 0.29) is 0 Å².